The van der Waals surface area contributed by atoms with Crippen molar-refractivity contribution >= 4 is 17.7 Å². The van der Waals surface area contributed by atoms with Crippen molar-refractivity contribution in [3.63, 3.8) is 0 Å². The van der Waals surface area contributed by atoms with Gasteiger partial charge in [-0.15, -0.1) is 0 Å². The average Bonchev–Trinajstić information content (AvgIpc) is 2.51. The molecule has 0 aliphatic rings. The predicted molar refractivity (Wildman–Crippen MR) is 109 cm³/mol. The molecule has 1 aromatic carbocycles. The van der Waals surface area contributed by atoms with Gasteiger partial charge in [0.25, 0.3) is 0 Å². The first-order valence-electron chi connectivity index (χ1n) is 9.30. The molecule has 0 saturated carbocycles. The Kier molecular flexibility index (Phi) is 5.96. The number of hydrogen-bond acceptors (Lipinski definition) is 0. The van der Waals surface area contributed by atoms with Gasteiger partial charge in [0.2, 0.25) is 0 Å². The van der Waals surface area contributed by atoms with E-state index in [0.717, 1.165) is 0 Å². The maximum absolute atomic E-state index is 2.47. The Labute approximate surface area is 151 Å². The molecule has 2 aromatic rings. The van der Waals surface area contributed by atoms with Gasteiger partial charge in [-0.2, -0.15) is 0 Å². The van der Waals surface area contributed by atoms with Crippen LogP contribution in [0.5, 0.6) is 0 Å². The Morgan fingerprint density at radius 3 is 2.12 bits per heavy atom. The first-order chi connectivity index (χ1) is 11.2. The van der Waals surface area contributed by atoms with Gasteiger partial charge >= 0.3 is 151 Å². The fourth-order valence-electron chi connectivity index (χ4n) is 3.73. The summed E-state index contributed by atoms with van der Waals surface area (Å²) in [5.41, 5.74) is 7.04. The average molecular weight is 385 g/mol. The molecule has 24 heavy (non-hydrogen) atoms. The molecule has 130 valence electrons. The Morgan fingerprint density at radius 1 is 0.958 bits per heavy atom. The fraction of sp³-hybridized carbons (Fsp3) is 0.500. The van der Waals surface area contributed by atoms with Gasteiger partial charge in [-0.1, -0.05) is 0 Å². The van der Waals surface area contributed by atoms with Crippen molar-refractivity contribution < 1.29 is 4.57 Å². The molecule has 2 heteroatoms. The monoisotopic (exact) mass is 386 g/mol. The van der Waals surface area contributed by atoms with E-state index in [2.05, 4.69) is 87.0 Å². The summed E-state index contributed by atoms with van der Waals surface area (Å²) in [5, 5.41) is 0. The van der Waals surface area contributed by atoms with E-state index in [0.29, 0.717) is 5.92 Å². The van der Waals surface area contributed by atoms with Gasteiger partial charge in [-0.05, 0) is 0 Å². The van der Waals surface area contributed by atoms with E-state index in [9.17, 15) is 0 Å². The molecule has 0 atom stereocenters. The van der Waals surface area contributed by atoms with E-state index in [4.69, 9.17) is 0 Å². The molecule has 0 N–H and O–H groups in total. The molecule has 0 unspecified atom stereocenters. The van der Waals surface area contributed by atoms with E-state index in [1.54, 1.807) is 4.40 Å². The second-order valence-electron chi connectivity index (χ2n) is 8.20. The third-order valence-corrected chi connectivity index (χ3v) is 9.77. The van der Waals surface area contributed by atoms with Gasteiger partial charge < -0.3 is 0 Å². The van der Waals surface area contributed by atoms with Crippen molar-refractivity contribution in [2.24, 2.45) is 7.05 Å². The second kappa shape index (κ2) is 7.43. The van der Waals surface area contributed by atoms with Crippen molar-refractivity contribution in [1.82, 2.24) is 0 Å². The van der Waals surface area contributed by atoms with Gasteiger partial charge in [0.05, 0.1) is 0 Å². The number of hydrogen-bond donors (Lipinski definition) is 0. The molecule has 0 bridgehead atoms. The molecule has 2 rings (SSSR count). The van der Waals surface area contributed by atoms with Gasteiger partial charge in [-0.25, -0.2) is 0 Å². The van der Waals surface area contributed by atoms with Crippen LogP contribution < -0.4 is 8.96 Å². The first kappa shape index (κ1) is 19.2. The minimum atomic E-state index is -1.83. The molecular weight excluding hydrogens is 351 g/mol. The Bertz CT molecular complexity index is 721. The maximum atomic E-state index is 2.47. The number of rotatable bonds is 5. The molecule has 1 aromatic heterocycles. The molecular formula is C22H34GeN+. The SMILES string of the molecule is CCC(CC)c1ccc(C)c(-c2cc(C)[c]([Ge]([CH3])([CH3])[CH3])c[n+]2C)c1. The summed E-state index contributed by atoms with van der Waals surface area (Å²) in [6.45, 7) is 9.11. The molecule has 0 fully saturated rings. The molecule has 0 aliphatic carbocycles. The van der Waals surface area contributed by atoms with Gasteiger partial charge in [0.1, 0.15) is 0 Å². The summed E-state index contributed by atoms with van der Waals surface area (Å²) in [4.78, 5) is 0. The van der Waals surface area contributed by atoms with Crippen LogP contribution in [0.15, 0.2) is 30.5 Å². The summed E-state index contributed by atoms with van der Waals surface area (Å²) >= 11 is -1.83. The zero-order valence-electron chi connectivity index (χ0n) is 16.8. The Hall–Kier alpha value is -1.09. The molecule has 1 heterocycles. The molecule has 0 radical (unpaired) electrons. The Morgan fingerprint density at radius 2 is 1.58 bits per heavy atom. The van der Waals surface area contributed by atoms with Crippen molar-refractivity contribution in [1.29, 1.82) is 0 Å². The summed E-state index contributed by atoms with van der Waals surface area (Å²) in [5.74, 6) is 8.09. The van der Waals surface area contributed by atoms with Crippen molar-refractivity contribution in [3.8, 4) is 11.3 Å². The van der Waals surface area contributed by atoms with Gasteiger partial charge in [0, 0.05) is 0 Å². The molecule has 1 nitrogen and oxygen atoms in total. The topological polar surface area (TPSA) is 3.88 Å². The summed E-state index contributed by atoms with van der Waals surface area (Å²) in [6.07, 6.45) is 4.81. The van der Waals surface area contributed by atoms with Crippen LogP contribution in [0, 0.1) is 13.8 Å². The van der Waals surface area contributed by atoms with Crippen molar-refractivity contribution in [3.05, 3.63) is 47.2 Å². The van der Waals surface area contributed by atoms with E-state index in [1.807, 2.05) is 0 Å². The fourth-order valence-corrected chi connectivity index (χ4v) is 7.58. The summed E-state index contributed by atoms with van der Waals surface area (Å²) in [7, 11) is 2.20. The first-order valence-corrected chi connectivity index (χ1v) is 16.6. The quantitative estimate of drug-likeness (QED) is 0.490. The van der Waals surface area contributed by atoms with Crippen LogP contribution in [0.25, 0.3) is 11.3 Å². The van der Waals surface area contributed by atoms with Crippen LogP contribution >= 0.6 is 0 Å². The number of aryl methyl sites for hydroxylation is 3. The summed E-state index contributed by atoms with van der Waals surface area (Å²) < 4.78 is 3.95. The van der Waals surface area contributed by atoms with Crippen molar-refractivity contribution in [2.45, 2.75) is 63.7 Å². The third kappa shape index (κ3) is 3.93. The number of benzene rings is 1. The van der Waals surface area contributed by atoms with Crippen LogP contribution in [-0.2, 0) is 7.05 Å². The van der Waals surface area contributed by atoms with E-state index in [1.165, 1.54) is 40.8 Å². The number of pyridine rings is 1. The van der Waals surface area contributed by atoms with Gasteiger partial charge in [-0.3, -0.25) is 0 Å². The second-order valence-corrected chi connectivity index (χ2v) is 18.8. The van der Waals surface area contributed by atoms with Crippen LogP contribution in [-0.4, -0.2) is 13.3 Å². The molecule has 0 amide bonds. The van der Waals surface area contributed by atoms with Gasteiger partial charge in [0.15, 0.2) is 0 Å². The molecule has 0 aliphatic heterocycles. The van der Waals surface area contributed by atoms with Crippen LogP contribution in [0.1, 0.15) is 49.3 Å². The Balaban J connectivity index is 2.60. The van der Waals surface area contributed by atoms with Crippen LogP contribution in [0.3, 0.4) is 0 Å². The van der Waals surface area contributed by atoms with Crippen molar-refractivity contribution in [2.75, 3.05) is 0 Å². The zero-order valence-corrected chi connectivity index (χ0v) is 18.9. The van der Waals surface area contributed by atoms with E-state index in [-0.39, 0.29) is 0 Å². The number of nitrogens with zero attached hydrogens (tertiary/aromatic N) is 1. The summed E-state index contributed by atoms with van der Waals surface area (Å²) in [6, 6.07) is 9.46. The van der Waals surface area contributed by atoms with Crippen LogP contribution in [0.2, 0.25) is 17.3 Å². The predicted octanol–water partition coefficient (Wildman–Crippen LogP) is 5.24. The molecule has 0 spiro atoms. The van der Waals surface area contributed by atoms with E-state index < -0.39 is 13.3 Å². The minimum absolute atomic E-state index is 0.666. The molecule has 0 saturated heterocycles. The standard InChI is InChI=1S/C22H34GeN/c1-9-18(10-2)19-12-11-16(3)20(14-19)22-13-17(4)21(15-24(22)8)23(5,6)7/h11-15,18H,9-10H2,1-8H3/q+1. The third-order valence-electron chi connectivity index (χ3n) is 5.28. The van der Waals surface area contributed by atoms with Crippen LogP contribution in [0.4, 0.5) is 0 Å². The number of aromatic nitrogens is 1. The van der Waals surface area contributed by atoms with E-state index >= 15 is 0 Å². The normalized spacial score (nSPS) is 12.0. The zero-order chi connectivity index (χ0) is 18.1.